The molecule has 2 aromatic carbocycles. The molecule has 0 aromatic heterocycles. The Morgan fingerprint density at radius 1 is 0.969 bits per heavy atom. The Morgan fingerprint density at radius 3 is 2.03 bits per heavy atom. The predicted octanol–water partition coefficient (Wildman–Crippen LogP) is 3.36. The number of likely N-dealkylation sites (tertiary alicyclic amines) is 1. The van der Waals surface area contributed by atoms with Crippen molar-refractivity contribution in [3.05, 3.63) is 69.7 Å². The molecule has 3 nitrogen and oxygen atoms in total. The lowest BCUT2D eigenvalue weighted by atomic mass is 9.65. The van der Waals surface area contributed by atoms with Crippen LogP contribution in [0.3, 0.4) is 0 Å². The van der Waals surface area contributed by atoms with Gasteiger partial charge in [0.05, 0.1) is 12.7 Å². The highest BCUT2D eigenvalue weighted by atomic mass is 35.5. The van der Waals surface area contributed by atoms with Crippen LogP contribution in [0.25, 0.3) is 0 Å². The first kappa shape index (κ1) is 25.8. The molecule has 1 aliphatic carbocycles. The fraction of sp³-hybridized carbons (Fsp3) is 0.538. The SMILES string of the molecule is CC1(C)CC2CC(C)(CN2CC(O)COC(c2ccc(Cl)cc2)c2ccc(Cl)cc2)C1.[Cl-]. The molecule has 0 amide bonds. The highest BCUT2D eigenvalue weighted by Gasteiger charge is 2.49. The smallest absolute Gasteiger partial charge is 0.108 e. The first-order valence-corrected chi connectivity index (χ1v) is 11.9. The number of hydrogen-bond acceptors (Lipinski definition) is 3. The van der Waals surface area contributed by atoms with E-state index in [0.717, 1.165) is 17.7 Å². The number of fused-ring (bicyclic) bond motifs is 2. The molecule has 1 saturated heterocycles. The second kappa shape index (κ2) is 10.2. The minimum Gasteiger partial charge on any atom is -1.00 e. The first-order chi connectivity index (χ1) is 14.6. The Bertz CT molecular complexity index is 841. The number of aliphatic hydroxyl groups is 1. The number of nitrogens with zero attached hydrogens (tertiary/aromatic N) is 1. The third kappa shape index (κ3) is 6.20. The van der Waals surface area contributed by atoms with E-state index in [1.807, 2.05) is 48.5 Å². The molecule has 3 atom stereocenters. The average Bonchev–Trinajstić information content (AvgIpc) is 2.92. The van der Waals surface area contributed by atoms with Gasteiger partial charge in [-0.2, -0.15) is 0 Å². The van der Waals surface area contributed by atoms with Gasteiger partial charge in [-0.15, -0.1) is 0 Å². The van der Waals surface area contributed by atoms with E-state index in [-0.39, 0.29) is 25.1 Å². The molecule has 0 spiro atoms. The van der Waals surface area contributed by atoms with Gasteiger partial charge in [0.25, 0.3) is 0 Å². The van der Waals surface area contributed by atoms with Gasteiger partial charge in [-0.05, 0) is 65.5 Å². The molecular formula is C26H33Cl3NO2-. The Balaban J connectivity index is 0.00000289. The third-order valence-electron chi connectivity index (χ3n) is 6.77. The molecule has 0 radical (unpaired) electrons. The normalized spacial score (nSPS) is 25.5. The molecule has 4 rings (SSSR count). The fourth-order valence-corrected chi connectivity index (χ4v) is 6.23. The number of aliphatic hydroxyl groups excluding tert-OH is 1. The van der Waals surface area contributed by atoms with Crippen LogP contribution in [0, 0.1) is 10.8 Å². The van der Waals surface area contributed by atoms with Gasteiger partial charge in [-0.25, -0.2) is 0 Å². The van der Waals surface area contributed by atoms with Crippen molar-refractivity contribution in [1.29, 1.82) is 0 Å². The minimum atomic E-state index is -0.534. The van der Waals surface area contributed by atoms with Crippen LogP contribution in [0.15, 0.2) is 48.5 Å². The standard InChI is InChI=1S/C26H33Cl2NO2.ClH/c1-25(2)12-22-13-26(3,16-25)17-29(22)14-23(30)15-31-24(18-4-8-20(27)9-5-18)19-6-10-21(28)11-7-19;/h4-11,22-24,30H,12-17H2,1-3H3;1H/p-1. The summed E-state index contributed by atoms with van der Waals surface area (Å²) in [5, 5.41) is 12.2. The van der Waals surface area contributed by atoms with Crippen molar-refractivity contribution in [1.82, 2.24) is 4.90 Å². The largest absolute Gasteiger partial charge is 1.00 e. The van der Waals surface area contributed by atoms with Gasteiger partial charge >= 0.3 is 0 Å². The van der Waals surface area contributed by atoms with Gasteiger partial charge in [0, 0.05) is 29.2 Å². The molecular weight excluding hydrogens is 465 g/mol. The molecule has 1 heterocycles. The number of halogens is 3. The molecule has 2 aliphatic rings. The van der Waals surface area contributed by atoms with Crippen LogP contribution in [0.5, 0.6) is 0 Å². The van der Waals surface area contributed by atoms with E-state index < -0.39 is 6.10 Å². The maximum absolute atomic E-state index is 10.9. The molecule has 2 fully saturated rings. The first-order valence-electron chi connectivity index (χ1n) is 11.2. The van der Waals surface area contributed by atoms with Gasteiger partial charge in [-0.1, -0.05) is 68.2 Å². The van der Waals surface area contributed by atoms with E-state index in [9.17, 15) is 5.11 Å². The van der Waals surface area contributed by atoms with E-state index in [0.29, 0.717) is 33.5 Å². The summed E-state index contributed by atoms with van der Waals surface area (Å²) in [6.07, 6.45) is 2.89. The fourth-order valence-electron chi connectivity index (χ4n) is 5.98. The maximum Gasteiger partial charge on any atom is 0.108 e. The van der Waals surface area contributed by atoms with Gasteiger partial charge in [0.15, 0.2) is 0 Å². The molecule has 6 heteroatoms. The van der Waals surface area contributed by atoms with Gasteiger partial charge in [0.1, 0.15) is 6.10 Å². The zero-order valence-electron chi connectivity index (χ0n) is 19.0. The van der Waals surface area contributed by atoms with E-state index in [1.54, 1.807) is 0 Å². The van der Waals surface area contributed by atoms with Crippen molar-refractivity contribution in [2.45, 2.75) is 58.3 Å². The van der Waals surface area contributed by atoms with Crippen molar-refractivity contribution in [3.63, 3.8) is 0 Å². The lowest BCUT2D eigenvalue weighted by molar-refractivity contribution is -0.0112. The van der Waals surface area contributed by atoms with Crippen LogP contribution in [0.1, 0.15) is 57.3 Å². The summed E-state index contributed by atoms with van der Waals surface area (Å²) in [5.74, 6) is 0. The van der Waals surface area contributed by atoms with Gasteiger partial charge in [-0.3, -0.25) is 4.90 Å². The summed E-state index contributed by atoms with van der Waals surface area (Å²) in [4.78, 5) is 2.49. The predicted molar refractivity (Wildman–Crippen MR) is 128 cm³/mol. The van der Waals surface area contributed by atoms with Gasteiger partial charge < -0.3 is 22.3 Å². The van der Waals surface area contributed by atoms with Crippen molar-refractivity contribution in [2.24, 2.45) is 10.8 Å². The molecule has 1 saturated carbocycles. The second-order valence-electron chi connectivity index (χ2n) is 10.6. The van der Waals surface area contributed by atoms with Gasteiger partial charge in [0.2, 0.25) is 0 Å². The minimum absolute atomic E-state index is 0. The van der Waals surface area contributed by atoms with Crippen LogP contribution >= 0.6 is 23.2 Å². The Kier molecular flexibility index (Phi) is 8.24. The Hall–Kier alpha value is -0.810. The average molecular weight is 498 g/mol. The van der Waals surface area contributed by atoms with Crippen LogP contribution in [0.4, 0.5) is 0 Å². The van der Waals surface area contributed by atoms with E-state index in [4.69, 9.17) is 27.9 Å². The van der Waals surface area contributed by atoms with E-state index in [2.05, 4.69) is 25.7 Å². The number of β-amino-alcohol motifs (C(OH)–C–C–N with tert-alkyl or cyclic N) is 1. The lowest BCUT2D eigenvalue weighted by Gasteiger charge is -2.40. The molecule has 1 aliphatic heterocycles. The monoisotopic (exact) mass is 496 g/mol. The lowest BCUT2D eigenvalue weighted by Crippen LogP contribution is -3.00. The Labute approximate surface area is 208 Å². The maximum atomic E-state index is 10.9. The summed E-state index contributed by atoms with van der Waals surface area (Å²) < 4.78 is 6.28. The zero-order chi connectivity index (χ0) is 22.2. The van der Waals surface area contributed by atoms with Crippen molar-refractivity contribution in [2.75, 3.05) is 19.7 Å². The molecule has 3 unspecified atom stereocenters. The third-order valence-corrected chi connectivity index (χ3v) is 7.27. The quantitative estimate of drug-likeness (QED) is 0.637. The van der Waals surface area contributed by atoms with Crippen molar-refractivity contribution in [3.8, 4) is 0 Å². The summed E-state index contributed by atoms with van der Waals surface area (Å²) >= 11 is 12.2. The van der Waals surface area contributed by atoms with Crippen LogP contribution in [-0.4, -0.2) is 41.8 Å². The molecule has 176 valence electrons. The number of rotatable bonds is 7. The van der Waals surface area contributed by atoms with E-state index in [1.165, 1.54) is 19.3 Å². The molecule has 32 heavy (non-hydrogen) atoms. The summed E-state index contributed by atoms with van der Waals surface area (Å²) in [6, 6.07) is 15.9. The summed E-state index contributed by atoms with van der Waals surface area (Å²) in [6.45, 7) is 9.16. The number of ether oxygens (including phenoxy) is 1. The molecule has 1 N–H and O–H groups in total. The molecule has 2 aromatic rings. The van der Waals surface area contributed by atoms with E-state index >= 15 is 0 Å². The summed E-state index contributed by atoms with van der Waals surface area (Å²) in [7, 11) is 0. The van der Waals surface area contributed by atoms with Crippen LogP contribution in [-0.2, 0) is 4.74 Å². The highest BCUT2D eigenvalue weighted by Crippen LogP contribution is 2.52. The van der Waals surface area contributed by atoms with Crippen LogP contribution < -0.4 is 12.4 Å². The van der Waals surface area contributed by atoms with Crippen LogP contribution in [0.2, 0.25) is 10.0 Å². The molecule has 2 bridgehead atoms. The number of benzene rings is 2. The second-order valence-corrected chi connectivity index (χ2v) is 11.5. The highest BCUT2D eigenvalue weighted by molar-refractivity contribution is 6.30. The number of hydrogen-bond donors (Lipinski definition) is 1. The zero-order valence-corrected chi connectivity index (χ0v) is 21.3. The van der Waals surface area contributed by atoms with Crippen molar-refractivity contribution >= 4 is 23.2 Å². The topological polar surface area (TPSA) is 32.7 Å². The van der Waals surface area contributed by atoms with Crippen molar-refractivity contribution < 1.29 is 22.3 Å². The Morgan fingerprint density at radius 2 is 1.50 bits per heavy atom. The summed E-state index contributed by atoms with van der Waals surface area (Å²) in [5.41, 5.74) is 2.75.